The predicted octanol–water partition coefficient (Wildman–Crippen LogP) is 2.79. The van der Waals surface area contributed by atoms with E-state index in [0.29, 0.717) is 17.7 Å². The van der Waals surface area contributed by atoms with Gasteiger partial charge in [-0.2, -0.15) is 0 Å². The topological polar surface area (TPSA) is 93.0 Å². The van der Waals surface area contributed by atoms with Gasteiger partial charge in [0.1, 0.15) is 17.5 Å². The number of phenolic OH excluding ortho intramolecular Hbond substituents is 1. The zero-order chi connectivity index (χ0) is 19.3. The summed E-state index contributed by atoms with van der Waals surface area (Å²) >= 11 is 0. The molecule has 4 heterocycles. The Bertz CT molecular complexity index is 1030. The van der Waals surface area contributed by atoms with Crippen LogP contribution in [0.5, 0.6) is 11.8 Å². The maximum atomic E-state index is 14.6. The molecule has 2 aliphatic rings. The van der Waals surface area contributed by atoms with Gasteiger partial charge < -0.3 is 15.2 Å². The molecule has 5 rings (SSSR count). The zero-order valence-corrected chi connectivity index (χ0v) is 15.3. The number of hydrogen-bond donors (Lipinski definition) is 2. The predicted molar refractivity (Wildman–Crippen MR) is 101 cm³/mol. The summed E-state index contributed by atoms with van der Waals surface area (Å²) in [6, 6.07) is 5.15. The molecule has 28 heavy (non-hydrogen) atoms. The third kappa shape index (κ3) is 2.93. The fourth-order valence-electron chi connectivity index (χ4n) is 4.29. The minimum absolute atomic E-state index is 0.0470. The van der Waals surface area contributed by atoms with Crippen LogP contribution in [-0.4, -0.2) is 49.1 Å². The van der Waals surface area contributed by atoms with Gasteiger partial charge in [-0.05, 0) is 43.4 Å². The van der Waals surface area contributed by atoms with Crippen molar-refractivity contribution < 1.29 is 14.2 Å². The van der Waals surface area contributed by atoms with Gasteiger partial charge in [0.15, 0.2) is 6.17 Å². The highest BCUT2D eigenvalue weighted by Crippen LogP contribution is 2.38. The number of fused-ring (bicyclic) bond motifs is 3. The molecule has 2 saturated heterocycles. The van der Waals surface area contributed by atoms with Crippen molar-refractivity contribution in [3.8, 4) is 23.0 Å². The van der Waals surface area contributed by atoms with E-state index in [1.165, 1.54) is 6.20 Å². The van der Waals surface area contributed by atoms with Gasteiger partial charge in [-0.25, -0.2) is 9.37 Å². The molecule has 2 aromatic heterocycles. The smallest absolute Gasteiger partial charge is 0.336 e. The summed E-state index contributed by atoms with van der Waals surface area (Å²) in [5, 5.41) is 23.5. The Labute approximate surface area is 161 Å². The number of piperidine rings is 1. The highest BCUT2D eigenvalue weighted by atomic mass is 19.1. The van der Waals surface area contributed by atoms with Gasteiger partial charge in [0.05, 0.1) is 6.20 Å². The molecule has 8 heteroatoms. The van der Waals surface area contributed by atoms with Crippen LogP contribution in [0.15, 0.2) is 36.8 Å². The number of halogens is 1. The molecule has 0 radical (unpaired) electrons. The molecule has 0 saturated carbocycles. The van der Waals surface area contributed by atoms with Crippen molar-refractivity contribution in [2.45, 2.75) is 50.0 Å². The van der Waals surface area contributed by atoms with E-state index in [-0.39, 0.29) is 23.3 Å². The third-order valence-electron chi connectivity index (χ3n) is 5.76. The van der Waals surface area contributed by atoms with E-state index in [0.717, 1.165) is 23.6 Å². The second-order valence-electron chi connectivity index (χ2n) is 7.87. The normalized spacial score (nSPS) is 29.1. The van der Waals surface area contributed by atoms with Gasteiger partial charge in [-0.15, -0.1) is 5.10 Å². The SMILES string of the molecule is C[C@@]12CC[C@@H](N1)[C@@H](F)[C@@H](Oc1ncc(-c3cc4ccncc4cc3O)nn1)C2. The first-order chi connectivity index (χ1) is 13.5. The Kier molecular flexibility index (Phi) is 3.90. The van der Waals surface area contributed by atoms with Crippen LogP contribution < -0.4 is 10.1 Å². The van der Waals surface area contributed by atoms with Crippen LogP contribution >= 0.6 is 0 Å². The molecule has 0 spiro atoms. The maximum Gasteiger partial charge on any atom is 0.336 e. The molecule has 0 aliphatic carbocycles. The first kappa shape index (κ1) is 17.2. The monoisotopic (exact) mass is 381 g/mol. The molecular weight excluding hydrogens is 361 g/mol. The maximum absolute atomic E-state index is 14.6. The van der Waals surface area contributed by atoms with E-state index in [9.17, 15) is 9.50 Å². The summed E-state index contributed by atoms with van der Waals surface area (Å²) in [4.78, 5) is 8.24. The quantitative estimate of drug-likeness (QED) is 0.721. The van der Waals surface area contributed by atoms with Crippen LogP contribution in [0, 0.1) is 0 Å². The number of aromatic nitrogens is 4. The molecule has 1 aromatic carbocycles. The van der Waals surface area contributed by atoms with Crippen LogP contribution in [0.4, 0.5) is 4.39 Å². The standard InChI is InChI=1S/C20H20FN5O2/c1-20-4-2-14(24-20)18(21)17(8-20)28-19-23-10-15(25-26-19)13-6-11-3-5-22-9-12(11)7-16(13)27/h3,5-7,9-10,14,17-18,24,27H,2,4,8H2,1H3/t14-,17+,18-,20+/m1/s1. The number of hydrogen-bond acceptors (Lipinski definition) is 7. The first-order valence-electron chi connectivity index (χ1n) is 9.36. The Morgan fingerprint density at radius 2 is 2.14 bits per heavy atom. The highest BCUT2D eigenvalue weighted by Gasteiger charge is 2.49. The van der Waals surface area contributed by atoms with Crippen molar-refractivity contribution in [3.63, 3.8) is 0 Å². The lowest BCUT2D eigenvalue weighted by molar-refractivity contribution is 0.0203. The lowest BCUT2D eigenvalue weighted by Gasteiger charge is -2.38. The van der Waals surface area contributed by atoms with Crippen LogP contribution in [0.2, 0.25) is 0 Å². The van der Waals surface area contributed by atoms with Gasteiger partial charge in [0, 0.05) is 41.3 Å². The van der Waals surface area contributed by atoms with Crippen molar-refractivity contribution in [1.29, 1.82) is 0 Å². The molecule has 144 valence electrons. The third-order valence-corrected chi connectivity index (χ3v) is 5.76. The highest BCUT2D eigenvalue weighted by molar-refractivity contribution is 5.89. The summed E-state index contributed by atoms with van der Waals surface area (Å²) in [5.74, 6) is 0.0666. The average Bonchev–Trinajstić information content (AvgIpc) is 3.04. The average molecular weight is 381 g/mol. The first-order valence-corrected chi connectivity index (χ1v) is 9.36. The van der Waals surface area contributed by atoms with E-state index in [1.54, 1.807) is 18.5 Å². The Morgan fingerprint density at radius 3 is 2.96 bits per heavy atom. The van der Waals surface area contributed by atoms with Crippen molar-refractivity contribution >= 4 is 10.8 Å². The lowest BCUT2D eigenvalue weighted by Crippen LogP contribution is -2.57. The van der Waals surface area contributed by atoms with Crippen LogP contribution in [0.3, 0.4) is 0 Å². The summed E-state index contributed by atoms with van der Waals surface area (Å²) in [6.45, 7) is 2.09. The fraction of sp³-hybridized carbons (Fsp3) is 0.400. The number of pyridine rings is 1. The zero-order valence-electron chi connectivity index (χ0n) is 15.3. The summed E-state index contributed by atoms with van der Waals surface area (Å²) < 4.78 is 20.4. The Morgan fingerprint density at radius 1 is 1.25 bits per heavy atom. The van der Waals surface area contributed by atoms with E-state index in [2.05, 4.69) is 32.4 Å². The van der Waals surface area contributed by atoms with Crippen LogP contribution in [0.25, 0.3) is 22.0 Å². The van der Waals surface area contributed by atoms with E-state index < -0.39 is 12.3 Å². The summed E-state index contributed by atoms with van der Waals surface area (Å²) in [5.41, 5.74) is 0.829. The number of phenols is 1. The number of alkyl halides is 1. The molecule has 3 aromatic rings. The molecule has 2 N–H and O–H groups in total. The molecule has 2 bridgehead atoms. The number of rotatable bonds is 3. The van der Waals surface area contributed by atoms with Gasteiger partial charge in [-0.3, -0.25) is 4.98 Å². The largest absolute Gasteiger partial charge is 0.507 e. The fourth-order valence-corrected chi connectivity index (χ4v) is 4.29. The van der Waals surface area contributed by atoms with Crippen LogP contribution in [0.1, 0.15) is 26.2 Å². The second kappa shape index (κ2) is 6.34. The second-order valence-corrected chi connectivity index (χ2v) is 7.87. The summed E-state index contributed by atoms with van der Waals surface area (Å²) in [6.07, 6.45) is 5.47. The van der Waals surface area contributed by atoms with Crippen molar-refractivity contribution in [2.75, 3.05) is 0 Å². The van der Waals surface area contributed by atoms with Gasteiger partial charge in [-0.1, -0.05) is 5.10 Å². The molecular formula is C20H20FN5O2. The molecule has 7 nitrogen and oxygen atoms in total. The lowest BCUT2D eigenvalue weighted by atomic mass is 9.90. The Balaban J connectivity index is 1.38. The van der Waals surface area contributed by atoms with Gasteiger partial charge >= 0.3 is 6.01 Å². The number of aromatic hydroxyl groups is 1. The molecule has 2 fully saturated rings. The van der Waals surface area contributed by atoms with Crippen LogP contribution in [-0.2, 0) is 0 Å². The minimum Gasteiger partial charge on any atom is -0.507 e. The molecule has 2 aliphatic heterocycles. The van der Waals surface area contributed by atoms with E-state index >= 15 is 0 Å². The van der Waals surface area contributed by atoms with E-state index in [4.69, 9.17) is 4.74 Å². The molecule has 0 unspecified atom stereocenters. The van der Waals surface area contributed by atoms with Gasteiger partial charge in [0.2, 0.25) is 0 Å². The number of benzene rings is 1. The molecule has 0 amide bonds. The minimum atomic E-state index is -1.10. The molecule has 4 atom stereocenters. The van der Waals surface area contributed by atoms with Crippen molar-refractivity contribution in [1.82, 2.24) is 25.5 Å². The Hall–Kier alpha value is -2.87. The number of nitrogens with zero attached hydrogens (tertiary/aromatic N) is 4. The summed E-state index contributed by atoms with van der Waals surface area (Å²) in [7, 11) is 0. The van der Waals surface area contributed by atoms with E-state index in [1.807, 2.05) is 12.1 Å². The number of ether oxygens (including phenoxy) is 1. The number of nitrogens with one attached hydrogen (secondary N) is 1. The van der Waals surface area contributed by atoms with Crippen molar-refractivity contribution in [3.05, 3.63) is 36.8 Å². The van der Waals surface area contributed by atoms with Gasteiger partial charge in [0.25, 0.3) is 0 Å². The van der Waals surface area contributed by atoms with Crippen molar-refractivity contribution in [2.24, 2.45) is 0 Å².